The fourth-order valence-corrected chi connectivity index (χ4v) is 2.76. The maximum absolute atomic E-state index is 11.6. The van der Waals surface area contributed by atoms with Crippen LogP contribution in [0.1, 0.15) is 17.3 Å². The molecule has 0 N–H and O–H groups in total. The number of carbonyl (C=O) groups is 1. The zero-order valence-corrected chi connectivity index (χ0v) is 13.9. The Morgan fingerprint density at radius 1 is 1.14 bits per heavy atom. The number of Topliss-reactive ketones (excluding diaryl/α,β-unsaturated/α-hetero) is 1. The van der Waals surface area contributed by atoms with E-state index in [0.717, 1.165) is 10.7 Å². The van der Waals surface area contributed by atoms with Crippen molar-refractivity contribution in [2.45, 2.75) is 11.8 Å². The summed E-state index contributed by atoms with van der Waals surface area (Å²) in [5.41, 5.74) is 0.433. The van der Waals surface area contributed by atoms with E-state index in [9.17, 15) is 13.2 Å². The van der Waals surface area contributed by atoms with Crippen molar-refractivity contribution in [2.75, 3.05) is 6.26 Å². The molecule has 0 saturated carbocycles. The van der Waals surface area contributed by atoms with Crippen LogP contribution in [0.2, 0.25) is 0 Å². The molecule has 2 rings (SSSR count). The third kappa shape index (κ3) is 3.92. The number of ether oxygens (including phenoxy) is 1. The predicted molar refractivity (Wildman–Crippen MR) is 83.8 cm³/mol. The van der Waals surface area contributed by atoms with Gasteiger partial charge < -0.3 is 4.74 Å². The normalized spacial score (nSPS) is 11.2. The highest BCUT2D eigenvalue weighted by molar-refractivity contribution is 9.10. The number of hydrogen-bond donors (Lipinski definition) is 0. The highest BCUT2D eigenvalue weighted by Gasteiger charge is 2.12. The maximum Gasteiger partial charge on any atom is 0.175 e. The van der Waals surface area contributed by atoms with Crippen LogP contribution >= 0.6 is 15.9 Å². The van der Waals surface area contributed by atoms with E-state index in [1.807, 2.05) is 0 Å². The second-order valence-corrected chi connectivity index (χ2v) is 7.48. The molecule has 0 bridgehead atoms. The molecule has 0 fully saturated rings. The summed E-state index contributed by atoms with van der Waals surface area (Å²) in [6.45, 7) is 1.45. The zero-order chi connectivity index (χ0) is 15.6. The molecule has 0 unspecified atom stereocenters. The first kappa shape index (κ1) is 15.7. The number of rotatable bonds is 4. The van der Waals surface area contributed by atoms with E-state index in [1.54, 1.807) is 30.3 Å². The van der Waals surface area contributed by atoms with Crippen molar-refractivity contribution in [2.24, 2.45) is 0 Å². The summed E-state index contributed by atoms with van der Waals surface area (Å²) in [4.78, 5) is 11.8. The fraction of sp³-hybridized carbons (Fsp3) is 0.133. The van der Waals surface area contributed by atoms with Crippen LogP contribution in [-0.4, -0.2) is 20.5 Å². The van der Waals surface area contributed by atoms with Crippen molar-refractivity contribution in [3.63, 3.8) is 0 Å². The van der Waals surface area contributed by atoms with Gasteiger partial charge in [0.05, 0.1) is 10.5 Å². The summed E-state index contributed by atoms with van der Waals surface area (Å²) in [5, 5.41) is 0. The smallest absolute Gasteiger partial charge is 0.175 e. The summed E-state index contributed by atoms with van der Waals surface area (Å²) in [5.74, 6) is 0.609. The molecule has 0 aliphatic rings. The van der Waals surface area contributed by atoms with Crippen LogP contribution in [0.4, 0.5) is 0 Å². The first-order valence-electron chi connectivity index (χ1n) is 6.06. The minimum Gasteiger partial charge on any atom is -0.457 e. The molecule has 0 spiro atoms. The minimum atomic E-state index is -3.31. The molecule has 21 heavy (non-hydrogen) atoms. The Morgan fingerprint density at radius 3 is 2.48 bits per heavy atom. The minimum absolute atomic E-state index is 0.128. The van der Waals surface area contributed by atoms with Gasteiger partial charge in [-0.3, -0.25) is 4.79 Å². The maximum atomic E-state index is 11.6. The highest BCUT2D eigenvalue weighted by Crippen LogP contribution is 2.30. The van der Waals surface area contributed by atoms with Crippen LogP contribution < -0.4 is 4.74 Å². The van der Waals surface area contributed by atoms with Crippen LogP contribution in [0, 0.1) is 0 Å². The molecule has 0 aliphatic heterocycles. The molecule has 2 aromatic rings. The van der Waals surface area contributed by atoms with Crippen LogP contribution in [-0.2, 0) is 9.84 Å². The first-order chi connectivity index (χ1) is 9.77. The van der Waals surface area contributed by atoms with Gasteiger partial charge in [0, 0.05) is 10.7 Å². The average molecular weight is 369 g/mol. The number of ketones is 1. The highest BCUT2D eigenvalue weighted by atomic mass is 79.9. The Bertz CT molecular complexity index is 797. The molecule has 0 amide bonds. The van der Waals surface area contributed by atoms with Crippen molar-refractivity contribution in [3.8, 4) is 11.5 Å². The molecule has 0 heterocycles. The average Bonchev–Trinajstić information content (AvgIpc) is 2.37. The van der Waals surface area contributed by atoms with Gasteiger partial charge in [-0.15, -0.1) is 0 Å². The van der Waals surface area contributed by atoms with Gasteiger partial charge in [0.1, 0.15) is 11.5 Å². The van der Waals surface area contributed by atoms with Gasteiger partial charge in [-0.05, 0) is 43.3 Å². The Kier molecular flexibility index (Phi) is 4.49. The Labute approximate surface area is 131 Å². The number of carbonyl (C=O) groups excluding carboxylic acids is 1. The molecule has 110 valence electrons. The fourth-order valence-electron chi connectivity index (χ4n) is 1.77. The largest absolute Gasteiger partial charge is 0.457 e. The van der Waals surface area contributed by atoms with Gasteiger partial charge in [-0.25, -0.2) is 8.42 Å². The summed E-state index contributed by atoms with van der Waals surface area (Å²) in [6.07, 6.45) is 1.13. The molecule has 0 radical (unpaired) electrons. The van der Waals surface area contributed by atoms with E-state index < -0.39 is 9.84 Å². The van der Waals surface area contributed by atoms with Crippen molar-refractivity contribution in [1.29, 1.82) is 0 Å². The van der Waals surface area contributed by atoms with Crippen LogP contribution in [0.3, 0.4) is 0 Å². The molecule has 0 saturated heterocycles. The Morgan fingerprint density at radius 2 is 1.86 bits per heavy atom. The van der Waals surface area contributed by atoms with Crippen molar-refractivity contribution in [3.05, 3.63) is 52.5 Å². The third-order valence-corrected chi connectivity index (χ3v) is 4.39. The molecular weight excluding hydrogens is 356 g/mol. The molecule has 6 heteroatoms. The van der Waals surface area contributed by atoms with Gasteiger partial charge in [0.2, 0.25) is 0 Å². The summed E-state index contributed by atoms with van der Waals surface area (Å²) >= 11 is 3.32. The lowest BCUT2D eigenvalue weighted by Crippen LogP contribution is -1.99. The molecule has 0 aromatic heterocycles. The summed E-state index contributed by atoms with van der Waals surface area (Å²) < 4.78 is 29.5. The third-order valence-electron chi connectivity index (χ3n) is 2.78. The van der Waals surface area contributed by atoms with E-state index in [2.05, 4.69) is 15.9 Å². The quantitative estimate of drug-likeness (QED) is 0.769. The zero-order valence-electron chi connectivity index (χ0n) is 11.5. The van der Waals surface area contributed by atoms with E-state index in [1.165, 1.54) is 19.1 Å². The number of halogens is 1. The van der Waals surface area contributed by atoms with Gasteiger partial charge in [-0.1, -0.05) is 22.0 Å². The topological polar surface area (TPSA) is 60.4 Å². The molecule has 0 atom stereocenters. The first-order valence-corrected chi connectivity index (χ1v) is 8.74. The summed E-state index contributed by atoms with van der Waals surface area (Å²) in [6, 6.07) is 11.2. The van der Waals surface area contributed by atoms with Gasteiger partial charge >= 0.3 is 0 Å². The van der Waals surface area contributed by atoms with Gasteiger partial charge in [0.15, 0.2) is 15.6 Å². The number of sulfone groups is 1. The molecule has 0 aliphatic carbocycles. The van der Waals surface area contributed by atoms with Gasteiger partial charge in [0.25, 0.3) is 0 Å². The molecule has 2 aromatic carbocycles. The Hall–Kier alpha value is -1.66. The van der Waals surface area contributed by atoms with Crippen molar-refractivity contribution >= 4 is 31.6 Å². The molecular formula is C15H13BrO4S. The van der Waals surface area contributed by atoms with Gasteiger partial charge in [-0.2, -0.15) is 0 Å². The van der Waals surface area contributed by atoms with Crippen molar-refractivity contribution in [1.82, 2.24) is 0 Å². The van der Waals surface area contributed by atoms with E-state index in [0.29, 0.717) is 17.1 Å². The SMILES string of the molecule is CC(=O)c1ccc(Br)cc1Oc1cccc(S(C)(=O)=O)c1. The van der Waals surface area contributed by atoms with E-state index >= 15 is 0 Å². The predicted octanol–water partition coefficient (Wildman–Crippen LogP) is 3.85. The second kappa shape index (κ2) is 5.99. The van der Waals surface area contributed by atoms with Crippen LogP contribution in [0.25, 0.3) is 0 Å². The van der Waals surface area contributed by atoms with Crippen LogP contribution in [0.15, 0.2) is 51.8 Å². The number of benzene rings is 2. The lowest BCUT2D eigenvalue weighted by Gasteiger charge is -2.10. The Balaban J connectivity index is 2.43. The van der Waals surface area contributed by atoms with Crippen molar-refractivity contribution < 1.29 is 17.9 Å². The monoisotopic (exact) mass is 368 g/mol. The lowest BCUT2D eigenvalue weighted by molar-refractivity contribution is 0.101. The van der Waals surface area contributed by atoms with Crippen LogP contribution in [0.5, 0.6) is 11.5 Å². The molecule has 4 nitrogen and oxygen atoms in total. The van der Waals surface area contributed by atoms with E-state index in [-0.39, 0.29) is 10.7 Å². The lowest BCUT2D eigenvalue weighted by atomic mass is 10.1. The number of hydrogen-bond acceptors (Lipinski definition) is 4. The summed E-state index contributed by atoms with van der Waals surface area (Å²) in [7, 11) is -3.31. The standard InChI is InChI=1S/C15H13BrO4S/c1-10(17)14-7-6-11(16)8-15(14)20-12-4-3-5-13(9-12)21(2,18)19/h3-9H,1-2H3. The second-order valence-electron chi connectivity index (χ2n) is 4.55. The van der Waals surface area contributed by atoms with E-state index in [4.69, 9.17) is 4.74 Å².